The summed E-state index contributed by atoms with van der Waals surface area (Å²) in [6.07, 6.45) is 3.20. The molecule has 32 heavy (non-hydrogen) atoms. The van der Waals surface area contributed by atoms with E-state index in [-0.39, 0.29) is 12.5 Å². The van der Waals surface area contributed by atoms with Crippen LogP contribution in [0.5, 0.6) is 0 Å². The third-order valence-corrected chi connectivity index (χ3v) is 5.48. The first-order chi connectivity index (χ1) is 15.5. The zero-order chi connectivity index (χ0) is 22.7. The van der Waals surface area contributed by atoms with Crippen molar-refractivity contribution in [2.24, 2.45) is 5.10 Å². The van der Waals surface area contributed by atoms with Crippen molar-refractivity contribution in [3.05, 3.63) is 93.8 Å². The molecule has 0 saturated carbocycles. The Morgan fingerprint density at radius 1 is 1.19 bits per heavy atom. The van der Waals surface area contributed by atoms with Gasteiger partial charge >= 0.3 is 5.97 Å². The van der Waals surface area contributed by atoms with Crippen molar-refractivity contribution >= 4 is 51.9 Å². The first-order valence-electron chi connectivity index (χ1n) is 9.82. The fraction of sp³-hybridized carbons (Fsp3) is 0.0800. The van der Waals surface area contributed by atoms with E-state index in [0.29, 0.717) is 34.1 Å². The van der Waals surface area contributed by atoms with Crippen LogP contribution in [0.1, 0.15) is 23.0 Å². The molecule has 0 unspecified atom stereocenters. The summed E-state index contributed by atoms with van der Waals surface area (Å²) in [4.78, 5) is 25.0. The molecule has 1 aliphatic rings. The van der Waals surface area contributed by atoms with Crippen LogP contribution in [0, 0.1) is 3.57 Å². The molecule has 0 aliphatic carbocycles. The van der Waals surface area contributed by atoms with Gasteiger partial charge in [0.1, 0.15) is 18.1 Å². The maximum absolute atomic E-state index is 12.9. The summed E-state index contributed by atoms with van der Waals surface area (Å²) >= 11 is 2.21. The minimum absolute atomic E-state index is 0.149. The summed E-state index contributed by atoms with van der Waals surface area (Å²) in [5.74, 6) is 0.445. The maximum atomic E-state index is 12.9. The van der Waals surface area contributed by atoms with Crippen LogP contribution in [-0.2, 0) is 9.53 Å². The minimum Gasteiger partial charge on any atom is -0.458 e. The first-order valence-corrected chi connectivity index (χ1v) is 10.9. The molecule has 0 spiro atoms. The van der Waals surface area contributed by atoms with Crippen molar-refractivity contribution in [3.8, 4) is 11.3 Å². The number of ether oxygens (including phenoxy) is 1. The zero-order valence-electron chi connectivity index (χ0n) is 17.2. The molecule has 4 rings (SSSR count). The average molecular weight is 538 g/mol. The third-order valence-electron chi connectivity index (χ3n) is 4.76. The van der Waals surface area contributed by atoms with E-state index in [1.807, 2.05) is 30.3 Å². The highest BCUT2D eigenvalue weighted by atomic mass is 127. The van der Waals surface area contributed by atoms with Gasteiger partial charge in [-0.1, -0.05) is 24.8 Å². The van der Waals surface area contributed by atoms with Gasteiger partial charge in [0.15, 0.2) is 0 Å². The lowest BCUT2D eigenvalue weighted by molar-refractivity contribution is -0.114. The van der Waals surface area contributed by atoms with Gasteiger partial charge in [-0.3, -0.25) is 4.79 Å². The molecule has 7 heteroatoms. The molecule has 0 saturated heterocycles. The fourth-order valence-electron chi connectivity index (χ4n) is 3.19. The summed E-state index contributed by atoms with van der Waals surface area (Å²) in [5, 5.41) is 5.79. The van der Waals surface area contributed by atoms with E-state index in [1.165, 1.54) is 11.1 Å². The van der Waals surface area contributed by atoms with E-state index in [4.69, 9.17) is 9.15 Å². The van der Waals surface area contributed by atoms with E-state index in [0.717, 1.165) is 9.13 Å². The molecule has 1 amide bonds. The van der Waals surface area contributed by atoms with Gasteiger partial charge in [-0.2, -0.15) is 10.1 Å². The number of carbonyl (C=O) groups excluding carboxylic acids is 2. The predicted molar refractivity (Wildman–Crippen MR) is 132 cm³/mol. The van der Waals surface area contributed by atoms with E-state index in [1.54, 1.807) is 43.3 Å². The number of nitrogens with zero attached hydrogens (tertiary/aromatic N) is 2. The van der Waals surface area contributed by atoms with Crippen molar-refractivity contribution in [3.63, 3.8) is 0 Å². The van der Waals surface area contributed by atoms with Gasteiger partial charge in [0, 0.05) is 9.13 Å². The van der Waals surface area contributed by atoms with Crippen LogP contribution >= 0.6 is 22.6 Å². The van der Waals surface area contributed by atoms with Crippen molar-refractivity contribution in [1.82, 2.24) is 0 Å². The second-order valence-corrected chi connectivity index (χ2v) is 8.25. The summed E-state index contributed by atoms with van der Waals surface area (Å²) in [7, 11) is 0. The maximum Gasteiger partial charge on any atom is 0.338 e. The number of benzene rings is 2. The molecule has 1 aliphatic heterocycles. The molecular formula is C25H19IN2O4. The van der Waals surface area contributed by atoms with E-state index < -0.39 is 5.97 Å². The van der Waals surface area contributed by atoms with Crippen LogP contribution in [0.15, 0.2) is 88.4 Å². The Hall–Kier alpha value is -3.46. The van der Waals surface area contributed by atoms with Gasteiger partial charge in [0.2, 0.25) is 0 Å². The van der Waals surface area contributed by atoms with Gasteiger partial charge in [0.25, 0.3) is 5.91 Å². The number of hydrogen-bond donors (Lipinski definition) is 0. The van der Waals surface area contributed by atoms with Crippen LogP contribution in [0.3, 0.4) is 0 Å². The van der Waals surface area contributed by atoms with E-state index >= 15 is 0 Å². The van der Waals surface area contributed by atoms with E-state index in [2.05, 4.69) is 34.3 Å². The molecule has 6 nitrogen and oxygen atoms in total. The summed E-state index contributed by atoms with van der Waals surface area (Å²) < 4.78 is 12.1. The SMILES string of the molecule is C=CCOC(=O)c1cccc(-c2ccc(/C=C3/C(=O)N(c4ccc(I)cc4)N=C3C)o2)c1. The number of hydrazone groups is 1. The van der Waals surface area contributed by atoms with Crippen LogP contribution in [0.4, 0.5) is 5.69 Å². The molecule has 0 atom stereocenters. The van der Waals surface area contributed by atoms with Crippen LogP contribution < -0.4 is 5.01 Å². The second-order valence-electron chi connectivity index (χ2n) is 7.01. The summed E-state index contributed by atoms with van der Waals surface area (Å²) in [6, 6.07) is 18.1. The minimum atomic E-state index is -0.431. The highest BCUT2D eigenvalue weighted by molar-refractivity contribution is 14.1. The van der Waals surface area contributed by atoms with Crippen molar-refractivity contribution < 1.29 is 18.7 Å². The summed E-state index contributed by atoms with van der Waals surface area (Å²) in [5.41, 5.74) is 2.93. The number of furan rings is 1. The number of esters is 1. The normalized spacial score (nSPS) is 14.6. The molecule has 1 aromatic heterocycles. The molecule has 3 aromatic rings. The quantitative estimate of drug-likeness (QED) is 0.175. The highest BCUT2D eigenvalue weighted by Gasteiger charge is 2.29. The molecular weight excluding hydrogens is 519 g/mol. The number of anilines is 1. The van der Waals surface area contributed by atoms with Crippen molar-refractivity contribution in [1.29, 1.82) is 0 Å². The van der Waals surface area contributed by atoms with Crippen molar-refractivity contribution in [2.75, 3.05) is 11.6 Å². The zero-order valence-corrected chi connectivity index (χ0v) is 19.4. The largest absolute Gasteiger partial charge is 0.458 e. The second kappa shape index (κ2) is 9.35. The lowest BCUT2D eigenvalue weighted by Crippen LogP contribution is -2.21. The molecule has 2 aromatic carbocycles. The predicted octanol–water partition coefficient (Wildman–Crippen LogP) is 5.70. The molecule has 2 heterocycles. The topological polar surface area (TPSA) is 72.1 Å². The Labute approximate surface area is 199 Å². The monoisotopic (exact) mass is 538 g/mol. The number of rotatable bonds is 6. The lowest BCUT2D eigenvalue weighted by Gasteiger charge is -2.11. The average Bonchev–Trinajstić information content (AvgIpc) is 3.38. The molecule has 0 bridgehead atoms. The number of carbonyl (C=O) groups is 2. The van der Waals surface area contributed by atoms with Gasteiger partial charge in [-0.05, 0) is 84.1 Å². The van der Waals surface area contributed by atoms with E-state index in [9.17, 15) is 9.59 Å². The highest BCUT2D eigenvalue weighted by Crippen LogP contribution is 2.28. The van der Waals surface area contributed by atoms with Crippen LogP contribution in [-0.4, -0.2) is 24.2 Å². The Kier molecular flexibility index (Phi) is 6.36. The standard InChI is InChI=1S/C25H19IN2O4/c1-3-13-31-25(30)18-6-4-5-17(14-18)23-12-11-21(32-23)15-22-16(2)27-28(24(22)29)20-9-7-19(26)8-10-20/h3-12,14-15H,1,13H2,2H3/b22-15+. The van der Waals surface area contributed by atoms with Gasteiger partial charge in [0.05, 0.1) is 22.5 Å². The fourth-order valence-corrected chi connectivity index (χ4v) is 3.55. The Morgan fingerprint density at radius 3 is 2.72 bits per heavy atom. The molecule has 0 N–H and O–H groups in total. The Bertz CT molecular complexity index is 1250. The smallest absolute Gasteiger partial charge is 0.338 e. The molecule has 0 fully saturated rings. The summed E-state index contributed by atoms with van der Waals surface area (Å²) in [6.45, 7) is 5.48. The molecule has 0 radical (unpaired) electrons. The van der Waals surface area contributed by atoms with Gasteiger partial charge < -0.3 is 9.15 Å². The molecule has 160 valence electrons. The van der Waals surface area contributed by atoms with Gasteiger partial charge in [-0.25, -0.2) is 4.79 Å². The first kappa shape index (κ1) is 21.8. The van der Waals surface area contributed by atoms with Crippen LogP contribution in [0.25, 0.3) is 17.4 Å². The van der Waals surface area contributed by atoms with Gasteiger partial charge in [-0.15, -0.1) is 0 Å². The number of halogens is 1. The Balaban J connectivity index is 1.56. The van der Waals surface area contributed by atoms with Crippen molar-refractivity contribution in [2.45, 2.75) is 6.92 Å². The number of amides is 1. The third kappa shape index (κ3) is 4.57. The number of hydrogen-bond acceptors (Lipinski definition) is 5. The lowest BCUT2D eigenvalue weighted by atomic mass is 10.1. The van der Waals surface area contributed by atoms with Crippen LogP contribution in [0.2, 0.25) is 0 Å². The Morgan fingerprint density at radius 2 is 1.97 bits per heavy atom.